The molecule has 0 saturated carbocycles. The average molecular weight is 667 g/mol. The number of para-hydroxylation sites is 3. The van der Waals surface area contributed by atoms with E-state index in [0.29, 0.717) is 0 Å². The van der Waals surface area contributed by atoms with Crippen molar-refractivity contribution in [1.82, 2.24) is 4.57 Å². The molecule has 0 fully saturated rings. The van der Waals surface area contributed by atoms with Gasteiger partial charge in [-0.05, 0) is 88.6 Å². The van der Waals surface area contributed by atoms with Gasteiger partial charge in [0.05, 0.1) is 22.0 Å². The van der Waals surface area contributed by atoms with Crippen LogP contribution in [0.5, 0.6) is 0 Å². The van der Waals surface area contributed by atoms with Gasteiger partial charge in [0.25, 0.3) is 0 Å². The van der Waals surface area contributed by atoms with Crippen molar-refractivity contribution in [3.05, 3.63) is 182 Å². The number of hydrogen-bond acceptors (Lipinski definition) is 3. The first-order valence-corrected chi connectivity index (χ1v) is 17.6. The molecule has 11 rings (SSSR count). The molecule has 3 heterocycles. The normalized spacial score (nSPS) is 11.8. The van der Waals surface area contributed by atoms with E-state index in [9.17, 15) is 0 Å². The molecular formula is C48H30N2O2. The highest BCUT2D eigenvalue weighted by molar-refractivity contribution is 6.20. The van der Waals surface area contributed by atoms with Gasteiger partial charge >= 0.3 is 0 Å². The lowest BCUT2D eigenvalue weighted by molar-refractivity contribution is 0.645. The SMILES string of the molecule is c1ccc2c(-c3ccc(N(c4ccc(-n5c6ccccc6c6c7ccccc7oc65)cc4)c4cccc5oc6ccccc6c45)cc3)cccc2c1. The Morgan fingerprint density at radius 3 is 1.77 bits per heavy atom. The van der Waals surface area contributed by atoms with E-state index >= 15 is 0 Å². The van der Waals surface area contributed by atoms with Gasteiger partial charge in [0.1, 0.15) is 16.7 Å². The maximum Gasteiger partial charge on any atom is 0.213 e. The highest BCUT2D eigenvalue weighted by Gasteiger charge is 2.22. The second-order valence-electron chi connectivity index (χ2n) is 13.3. The van der Waals surface area contributed by atoms with Crippen molar-refractivity contribution in [2.45, 2.75) is 0 Å². The van der Waals surface area contributed by atoms with E-state index in [4.69, 9.17) is 8.83 Å². The van der Waals surface area contributed by atoms with E-state index < -0.39 is 0 Å². The van der Waals surface area contributed by atoms with Crippen LogP contribution >= 0.6 is 0 Å². The molecule has 11 aromatic rings. The van der Waals surface area contributed by atoms with E-state index in [1.54, 1.807) is 0 Å². The first-order chi connectivity index (χ1) is 25.8. The zero-order valence-corrected chi connectivity index (χ0v) is 28.0. The second-order valence-corrected chi connectivity index (χ2v) is 13.3. The molecule has 244 valence electrons. The molecule has 0 unspecified atom stereocenters. The van der Waals surface area contributed by atoms with Gasteiger partial charge in [-0.2, -0.15) is 0 Å². The molecule has 0 N–H and O–H groups in total. The van der Waals surface area contributed by atoms with Gasteiger partial charge in [-0.15, -0.1) is 0 Å². The van der Waals surface area contributed by atoms with Gasteiger partial charge in [-0.25, -0.2) is 0 Å². The van der Waals surface area contributed by atoms with E-state index in [1.165, 1.54) is 27.3 Å². The summed E-state index contributed by atoms with van der Waals surface area (Å²) in [7, 11) is 0. The van der Waals surface area contributed by atoms with Crippen LogP contribution in [0, 0.1) is 0 Å². The first-order valence-electron chi connectivity index (χ1n) is 17.6. The number of aromatic nitrogens is 1. The number of benzene rings is 8. The van der Waals surface area contributed by atoms with Crippen molar-refractivity contribution in [3.63, 3.8) is 0 Å². The third-order valence-electron chi connectivity index (χ3n) is 10.4. The molecule has 8 aromatic carbocycles. The molecular weight excluding hydrogens is 637 g/mol. The van der Waals surface area contributed by atoms with Crippen molar-refractivity contribution in [3.8, 4) is 16.8 Å². The minimum absolute atomic E-state index is 0.852. The van der Waals surface area contributed by atoms with Crippen LogP contribution in [0.1, 0.15) is 0 Å². The molecule has 0 aliphatic rings. The Morgan fingerprint density at radius 1 is 0.404 bits per heavy atom. The molecule has 0 spiro atoms. The molecule has 0 radical (unpaired) electrons. The Hall–Kier alpha value is -7.04. The number of nitrogens with zero attached hydrogens (tertiary/aromatic N) is 2. The summed E-state index contributed by atoms with van der Waals surface area (Å²) in [6.07, 6.45) is 0. The molecule has 3 aromatic heterocycles. The van der Waals surface area contributed by atoms with E-state index in [1.807, 2.05) is 24.3 Å². The van der Waals surface area contributed by atoms with Crippen LogP contribution in [-0.2, 0) is 0 Å². The second kappa shape index (κ2) is 11.2. The Morgan fingerprint density at radius 2 is 0.981 bits per heavy atom. The Kier molecular flexibility index (Phi) is 6.22. The van der Waals surface area contributed by atoms with Crippen LogP contribution in [0.25, 0.3) is 82.5 Å². The summed E-state index contributed by atoms with van der Waals surface area (Å²) in [5, 5.41) is 8.10. The van der Waals surface area contributed by atoms with Crippen LogP contribution < -0.4 is 4.90 Å². The van der Waals surface area contributed by atoms with Crippen LogP contribution in [0.15, 0.2) is 191 Å². The number of anilines is 3. The van der Waals surface area contributed by atoms with E-state index in [2.05, 4.69) is 167 Å². The maximum absolute atomic E-state index is 6.54. The largest absolute Gasteiger partial charge is 0.456 e. The van der Waals surface area contributed by atoms with Gasteiger partial charge in [0.2, 0.25) is 5.71 Å². The Balaban J connectivity index is 1.09. The molecule has 4 heteroatoms. The third-order valence-corrected chi connectivity index (χ3v) is 10.4. The summed E-state index contributed by atoms with van der Waals surface area (Å²) in [4.78, 5) is 2.34. The number of fused-ring (bicyclic) bond motifs is 9. The summed E-state index contributed by atoms with van der Waals surface area (Å²) in [6.45, 7) is 0. The average Bonchev–Trinajstić information content (AvgIpc) is 3.88. The molecule has 0 aliphatic heterocycles. The minimum atomic E-state index is 0.852. The van der Waals surface area contributed by atoms with Crippen LogP contribution in [0.2, 0.25) is 0 Å². The van der Waals surface area contributed by atoms with E-state index in [-0.39, 0.29) is 0 Å². The van der Waals surface area contributed by atoms with E-state index in [0.717, 1.165) is 72.3 Å². The number of rotatable bonds is 5. The smallest absolute Gasteiger partial charge is 0.213 e. The van der Waals surface area contributed by atoms with Crippen LogP contribution in [-0.4, -0.2) is 4.57 Å². The lowest BCUT2D eigenvalue weighted by Gasteiger charge is -2.27. The fraction of sp³-hybridized carbons (Fsp3) is 0. The topological polar surface area (TPSA) is 34.5 Å². The zero-order valence-electron chi connectivity index (χ0n) is 28.0. The zero-order chi connectivity index (χ0) is 34.2. The molecule has 0 atom stereocenters. The lowest BCUT2D eigenvalue weighted by Crippen LogP contribution is -2.10. The van der Waals surface area contributed by atoms with Gasteiger partial charge in [-0.3, -0.25) is 4.57 Å². The monoisotopic (exact) mass is 666 g/mol. The highest BCUT2D eigenvalue weighted by Crippen LogP contribution is 2.44. The predicted molar refractivity (Wildman–Crippen MR) is 215 cm³/mol. The van der Waals surface area contributed by atoms with Crippen molar-refractivity contribution in [1.29, 1.82) is 0 Å². The third kappa shape index (κ3) is 4.28. The molecule has 0 bridgehead atoms. The molecule has 52 heavy (non-hydrogen) atoms. The highest BCUT2D eigenvalue weighted by atomic mass is 16.3. The van der Waals surface area contributed by atoms with Gasteiger partial charge in [0, 0.05) is 33.2 Å². The van der Waals surface area contributed by atoms with Crippen molar-refractivity contribution in [2.24, 2.45) is 0 Å². The van der Waals surface area contributed by atoms with Gasteiger partial charge in [-0.1, -0.05) is 115 Å². The summed E-state index contributed by atoms with van der Waals surface area (Å²) in [6, 6.07) is 64.2. The molecule has 0 amide bonds. The summed E-state index contributed by atoms with van der Waals surface area (Å²) < 4.78 is 15.1. The Labute approximate surface area is 299 Å². The maximum atomic E-state index is 6.54. The fourth-order valence-electron chi connectivity index (χ4n) is 8.08. The van der Waals surface area contributed by atoms with Gasteiger partial charge < -0.3 is 13.7 Å². The van der Waals surface area contributed by atoms with Crippen molar-refractivity contribution >= 4 is 82.7 Å². The number of furan rings is 2. The van der Waals surface area contributed by atoms with Crippen LogP contribution in [0.3, 0.4) is 0 Å². The minimum Gasteiger partial charge on any atom is -0.456 e. The predicted octanol–water partition coefficient (Wildman–Crippen LogP) is 13.7. The Bertz CT molecular complexity index is 3120. The summed E-state index contributed by atoms with van der Waals surface area (Å²) in [5.74, 6) is 0. The first kappa shape index (κ1) is 28.8. The van der Waals surface area contributed by atoms with Crippen LogP contribution in [0.4, 0.5) is 17.1 Å². The summed E-state index contributed by atoms with van der Waals surface area (Å²) in [5.41, 5.74) is 11.2. The lowest BCUT2D eigenvalue weighted by atomic mass is 9.98. The van der Waals surface area contributed by atoms with Crippen molar-refractivity contribution < 1.29 is 8.83 Å². The molecule has 4 nitrogen and oxygen atoms in total. The molecule has 0 saturated heterocycles. The molecule has 0 aliphatic carbocycles. The standard InChI is InChI=1S/C48H30N2O2/c1-2-13-36-31(11-1)12-9-17-37(36)32-23-25-33(26-24-32)49(42-19-10-22-45-47(42)40-16-5-7-20-43(40)51-45)34-27-29-35(30-28-34)50-41-18-6-3-14-38(41)46-39-15-4-8-21-44(39)52-48(46)50/h1-30H. The summed E-state index contributed by atoms with van der Waals surface area (Å²) >= 11 is 0. The van der Waals surface area contributed by atoms with Gasteiger partial charge in [0.15, 0.2) is 0 Å². The number of hydrogen-bond donors (Lipinski definition) is 0. The van der Waals surface area contributed by atoms with Crippen molar-refractivity contribution in [2.75, 3.05) is 4.90 Å². The fourth-order valence-corrected chi connectivity index (χ4v) is 8.08. The quantitative estimate of drug-likeness (QED) is 0.183.